The zero-order valence-electron chi connectivity index (χ0n) is 19.5. The van der Waals surface area contributed by atoms with E-state index in [0.717, 1.165) is 45.4 Å². The van der Waals surface area contributed by atoms with E-state index >= 15 is 0 Å². The molecule has 5 nitrogen and oxygen atoms in total. The fourth-order valence-corrected chi connectivity index (χ4v) is 3.55. The highest BCUT2D eigenvalue weighted by atomic mass is 16.5. The van der Waals surface area contributed by atoms with Gasteiger partial charge in [0.15, 0.2) is 11.5 Å². The maximum atomic E-state index is 5.93. The Kier molecular flexibility index (Phi) is 7.90. The van der Waals surface area contributed by atoms with Crippen LogP contribution in [0.1, 0.15) is 16.7 Å². The molecule has 0 bridgehead atoms. The first-order valence-electron chi connectivity index (χ1n) is 11.2. The van der Waals surface area contributed by atoms with E-state index in [1.54, 1.807) is 14.2 Å². The second-order valence-electron chi connectivity index (χ2n) is 7.74. The van der Waals surface area contributed by atoms with Crippen LogP contribution in [0.4, 0.5) is 5.69 Å². The van der Waals surface area contributed by atoms with Gasteiger partial charge in [-0.25, -0.2) is 0 Å². The number of methoxy groups -OCH3 is 2. The van der Waals surface area contributed by atoms with Gasteiger partial charge in [0.25, 0.3) is 0 Å². The van der Waals surface area contributed by atoms with E-state index in [2.05, 4.69) is 17.4 Å². The Hall–Kier alpha value is -4.12. The topological polar surface area (TPSA) is 49.0 Å². The van der Waals surface area contributed by atoms with Crippen molar-refractivity contribution in [2.75, 3.05) is 19.5 Å². The molecule has 0 saturated carbocycles. The Labute approximate surface area is 200 Å². The van der Waals surface area contributed by atoms with Crippen molar-refractivity contribution in [1.29, 1.82) is 0 Å². The molecule has 4 aromatic rings. The maximum absolute atomic E-state index is 5.93. The molecule has 0 spiro atoms. The SMILES string of the molecule is COc1cccc(CNc2ccc(COc3ccc(OCc4ccccc4)cc3)cc2)c1OC. The number of hydrogen-bond acceptors (Lipinski definition) is 5. The predicted octanol–water partition coefficient (Wildman–Crippen LogP) is 6.47. The molecule has 0 aliphatic heterocycles. The van der Waals surface area contributed by atoms with Crippen molar-refractivity contribution in [2.24, 2.45) is 0 Å². The Morgan fingerprint density at radius 2 is 1.21 bits per heavy atom. The molecule has 1 N–H and O–H groups in total. The van der Waals surface area contributed by atoms with Gasteiger partial charge in [0, 0.05) is 17.8 Å². The lowest BCUT2D eigenvalue weighted by Gasteiger charge is -2.14. The third kappa shape index (κ3) is 6.23. The van der Waals surface area contributed by atoms with Crippen molar-refractivity contribution in [2.45, 2.75) is 19.8 Å². The lowest BCUT2D eigenvalue weighted by molar-refractivity contribution is 0.297. The van der Waals surface area contributed by atoms with Gasteiger partial charge < -0.3 is 24.3 Å². The minimum atomic E-state index is 0.494. The van der Waals surface area contributed by atoms with Crippen LogP contribution in [0.3, 0.4) is 0 Å². The van der Waals surface area contributed by atoms with E-state index < -0.39 is 0 Å². The molecule has 4 rings (SSSR count). The Balaban J connectivity index is 1.25. The summed E-state index contributed by atoms with van der Waals surface area (Å²) in [5.41, 5.74) is 4.29. The minimum Gasteiger partial charge on any atom is -0.493 e. The van der Waals surface area contributed by atoms with Gasteiger partial charge >= 0.3 is 0 Å². The maximum Gasteiger partial charge on any atom is 0.165 e. The standard InChI is InChI=1S/C29H29NO4/c1-31-28-10-6-9-24(29(28)32-2)19-30-25-13-11-23(12-14-25)21-34-27-17-15-26(16-18-27)33-20-22-7-4-3-5-8-22/h3-18,30H,19-21H2,1-2H3. The number of anilines is 1. The average Bonchev–Trinajstić information content (AvgIpc) is 2.91. The molecule has 34 heavy (non-hydrogen) atoms. The summed E-state index contributed by atoms with van der Waals surface area (Å²) in [6, 6.07) is 31.9. The number of para-hydroxylation sites is 1. The summed E-state index contributed by atoms with van der Waals surface area (Å²) >= 11 is 0. The van der Waals surface area contributed by atoms with Gasteiger partial charge in [-0.15, -0.1) is 0 Å². The van der Waals surface area contributed by atoms with Crippen LogP contribution in [0.5, 0.6) is 23.0 Å². The largest absolute Gasteiger partial charge is 0.493 e. The summed E-state index contributed by atoms with van der Waals surface area (Å²) in [7, 11) is 3.30. The lowest BCUT2D eigenvalue weighted by Crippen LogP contribution is -2.03. The first kappa shape index (κ1) is 23.1. The van der Waals surface area contributed by atoms with Gasteiger partial charge in [-0.05, 0) is 53.6 Å². The van der Waals surface area contributed by atoms with Crippen LogP contribution >= 0.6 is 0 Å². The van der Waals surface area contributed by atoms with E-state index in [0.29, 0.717) is 19.8 Å². The highest BCUT2D eigenvalue weighted by molar-refractivity contribution is 5.50. The van der Waals surface area contributed by atoms with Crippen molar-refractivity contribution >= 4 is 5.69 Å². The minimum absolute atomic E-state index is 0.494. The molecule has 0 heterocycles. The van der Waals surface area contributed by atoms with Crippen molar-refractivity contribution in [1.82, 2.24) is 0 Å². The molecule has 0 saturated heterocycles. The number of hydrogen-bond donors (Lipinski definition) is 1. The van der Waals surface area contributed by atoms with E-state index in [9.17, 15) is 0 Å². The molecule has 174 valence electrons. The average molecular weight is 456 g/mol. The van der Waals surface area contributed by atoms with Crippen LogP contribution in [0, 0.1) is 0 Å². The molecule has 0 aromatic heterocycles. The highest BCUT2D eigenvalue weighted by Crippen LogP contribution is 2.31. The zero-order valence-corrected chi connectivity index (χ0v) is 19.5. The molecule has 5 heteroatoms. The fourth-order valence-electron chi connectivity index (χ4n) is 3.55. The molecule has 0 aliphatic carbocycles. The monoisotopic (exact) mass is 455 g/mol. The van der Waals surface area contributed by atoms with Crippen LogP contribution in [0.15, 0.2) is 97.1 Å². The molecular weight excluding hydrogens is 426 g/mol. The Morgan fingerprint density at radius 1 is 0.588 bits per heavy atom. The highest BCUT2D eigenvalue weighted by Gasteiger charge is 2.09. The summed E-state index contributed by atoms with van der Waals surface area (Å²) in [5, 5.41) is 3.43. The zero-order chi connectivity index (χ0) is 23.6. The summed E-state index contributed by atoms with van der Waals surface area (Å²) < 4.78 is 22.6. The van der Waals surface area contributed by atoms with Gasteiger partial charge in [0.1, 0.15) is 24.7 Å². The number of rotatable bonds is 11. The number of ether oxygens (including phenoxy) is 4. The van der Waals surface area contributed by atoms with Crippen LogP contribution < -0.4 is 24.3 Å². The first-order chi connectivity index (χ1) is 16.7. The van der Waals surface area contributed by atoms with Crippen LogP contribution in [-0.2, 0) is 19.8 Å². The van der Waals surface area contributed by atoms with Crippen molar-refractivity contribution in [3.8, 4) is 23.0 Å². The number of benzene rings is 4. The molecule has 0 aliphatic rings. The second kappa shape index (κ2) is 11.7. The van der Waals surface area contributed by atoms with Gasteiger partial charge in [-0.2, -0.15) is 0 Å². The van der Waals surface area contributed by atoms with Crippen molar-refractivity contribution in [3.63, 3.8) is 0 Å². The molecule has 0 radical (unpaired) electrons. The third-order valence-electron chi connectivity index (χ3n) is 5.40. The molecule has 0 unspecified atom stereocenters. The summed E-state index contributed by atoms with van der Waals surface area (Å²) in [6.45, 7) is 1.68. The quantitative estimate of drug-likeness (QED) is 0.281. The lowest BCUT2D eigenvalue weighted by atomic mass is 10.1. The van der Waals surface area contributed by atoms with Gasteiger partial charge in [0.05, 0.1) is 14.2 Å². The Bertz CT molecular complexity index is 1160. The molecule has 4 aromatic carbocycles. The first-order valence-corrected chi connectivity index (χ1v) is 11.2. The van der Waals surface area contributed by atoms with Gasteiger partial charge in [-0.3, -0.25) is 0 Å². The summed E-state index contributed by atoms with van der Waals surface area (Å²) in [6.07, 6.45) is 0. The van der Waals surface area contributed by atoms with Crippen molar-refractivity contribution in [3.05, 3.63) is 114 Å². The number of nitrogens with one attached hydrogen (secondary N) is 1. The predicted molar refractivity (Wildman–Crippen MR) is 135 cm³/mol. The molecular formula is C29H29NO4. The molecule has 0 fully saturated rings. The summed E-state index contributed by atoms with van der Waals surface area (Å²) in [4.78, 5) is 0. The van der Waals surface area contributed by atoms with Crippen LogP contribution in [-0.4, -0.2) is 14.2 Å². The van der Waals surface area contributed by atoms with Gasteiger partial charge in [0.2, 0.25) is 0 Å². The summed E-state index contributed by atoms with van der Waals surface area (Å²) in [5.74, 6) is 3.10. The third-order valence-corrected chi connectivity index (χ3v) is 5.40. The van der Waals surface area contributed by atoms with E-state index in [-0.39, 0.29) is 0 Å². The molecule has 0 amide bonds. The Morgan fingerprint density at radius 3 is 1.79 bits per heavy atom. The van der Waals surface area contributed by atoms with Crippen molar-refractivity contribution < 1.29 is 18.9 Å². The smallest absolute Gasteiger partial charge is 0.165 e. The molecule has 0 atom stereocenters. The van der Waals surface area contributed by atoms with Gasteiger partial charge in [-0.1, -0.05) is 54.6 Å². The van der Waals surface area contributed by atoms with E-state index in [4.69, 9.17) is 18.9 Å². The van der Waals surface area contributed by atoms with E-state index in [1.165, 1.54) is 0 Å². The van der Waals surface area contributed by atoms with E-state index in [1.807, 2.05) is 84.9 Å². The normalized spacial score (nSPS) is 10.4. The fraction of sp³-hybridized carbons (Fsp3) is 0.172. The van der Waals surface area contributed by atoms with Crippen LogP contribution in [0.25, 0.3) is 0 Å². The van der Waals surface area contributed by atoms with Crippen LogP contribution in [0.2, 0.25) is 0 Å². The second-order valence-corrected chi connectivity index (χ2v) is 7.74.